The van der Waals surface area contributed by atoms with Crippen molar-refractivity contribution in [3.63, 3.8) is 0 Å². The summed E-state index contributed by atoms with van der Waals surface area (Å²) in [7, 11) is 0. The van der Waals surface area contributed by atoms with Crippen LogP contribution in [0.25, 0.3) is 0 Å². The van der Waals surface area contributed by atoms with Crippen LogP contribution in [0.3, 0.4) is 0 Å². The number of β-amino-alcohol motifs (C(OH)–C–C–N with tert-alkyl or cyclic N) is 1. The van der Waals surface area contributed by atoms with Crippen molar-refractivity contribution in [3.05, 3.63) is 39.7 Å². The van der Waals surface area contributed by atoms with Crippen LogP contribution < -0.4 is 0 Å². The maximum Gasteiger partial charge on any atom is 0.270 e. The van der Waals surface area contributed by atoms with Gasteiger partial charge in [-0.05, 0) is 19.4 Å². The summed E-state index contributed by atoms with van der Waals surface area (Å²) in [5.41, 5.74) is -1.67. The normalized spacial score (nSPS) is 22.6. The Labute approximate surface area is 108 Å². The second-order valence-electron chi connectivity index (χ2n) is 4.89. The minimum Gasteiger partial charge on any atom is -0.388 e. The summed E-state index contributed by atoms with van der Waals surface area (Å²) in [5, 5.41) is 20.4. The molecule has 1 heterocycles. The van der Waals surface area contributed by atoms with E-state index in [-0.39, 0.29) is 17.8 Å². The Hall–Kier alpha value is -2.02. The summed E-state index contributed by atoms with van der Waals surface area (Å²) in [6, 6.07) is 2.83. The van der Waals surface area contributed by atoms with Gasteiger partial charge in [0, 0.05) is 25.2 Å². The topological polar surface area (TPSA) is 83.7 Å². The van der Waals surface area contributed by atoms with E-state index < -0.39 is 22.2 Å². The van der Waals surface area contributed by atoms with E-state index in [0.29, 0.717) is 13.0 Å². The van der Waals surface area contributed by atoms with E-state index in [1.165, 1.54) is 4.90 Å². The number of hydrogen-bond donors (Lipinski definition) is 1. The number of amides is 1. The molecule has 0 aromatic heterocycles. The molecule has 1 N–H and O–H groups in total. The quantitative estimate of drug-likeness (QED) is 0.648. The summed E-state index contributed by atoms with van der Waals surface area (Å²) in [5.74, 6) is -1.44. The van der Waals surface area contributed by atoms with Gasteiger partial charge in [-0.25, -0.2) is 4.39 Å². The molecule has 1 saturated heterocycles. The van der Waals surface area contributed by atoms with Gasteiger partial charge in [-0.1, -0.05) is 0 Å². The largest absolute Gasteiger partial charge is 0.388 e. The molecule has 1 fully saturated rings. The van der Waals surface area contributed by atoms with E-state index >= 15 is 0 Å². The van der Waals surface area contributed by atoms with Crippen molar-refractivity contribution in [1.82, 2.24) is 4.90 Å². The molecule has 1 aliphatic heterocycles. The SMILES string of the molecule is CC1(O)CCN(C(=O)c2cc([N+](=O)[O-])ccc2F)C1. The van der Waals surface area contributed by atoms with E-state index in [1.54, 1.807) is 6.92 Å². The standard InChI is InChI=1S/C12H13FN2O4/c1-12(17)4-5-14(7-12)11(16)9-6-8(15(18)19)2-3-10(9)13/h2-3,6,17H,4-5,7H2,1H3. The highest BCUT2D eigenvalue weighted by atomic mass is 19.1. The highest BCUT2D eigenvalue weighted by Gasteiger charge is 2.35. The van der Waals surface area contributed by atoms with E-state index in [1.807, 2.05) is 0 Å². The van der Waals surface area contributed by atoms with Crippen molar-refractivity contribution >= 4 is 11.6 Å². The number of hydrogen-bond acceptors (Lipinski definition) is 4. The lowest BCUT2D eigenvalue weighted by atomic mass is 10.1. The zero-order valence-corrected chi connectivity index (χ0v) is 10.3. The number of non-ortho nitro benzene ring substituents is 1. The summed E-state index contributed by atoms with van der Waals surface area (Å²) in [6.45, 7) is 1.98. The number of nitrogens with zero attached hydrogens (tertiary/aromatic N) is 2. The molecule has 102 valence electrons. The molecular weight excluding hydrogens is 255 g/mol. The van der Waals surface area contributed by atoms with Crippen LogP contribution in [0.4, 0.5) is 10.1 Å². The van der Waals surface area contributed by atoms with Gasteiger partial charge in [0.1, 0.15) is 5.82 Å². The molecule has 0 bridgehead atoms. The molecule has 1 amide bonds. The van der Waals surface area contributed by atoms with Gasteiger partial charge in [0.05, 0.1) is 16.1 Å². The zero-order chi connectivity index (χ0) is 14.2. The number of carbonyl (C=O) groups excluding carboxylic acids is 1. The van der Waals surface area contributed by atoms with Crippen LogP contribution in [0.1, 0.15) is 23.7 Å². The lowest BCUT2D eigenvalue weighted by Crippen LogP contribution is -2.34. The molecule has 1 aromatic carbocycles. The Bertz CT molecular complexity index is 545. The Balaban J connectivity index is 2.29. The molecular formula is C12H13FN2O4. The van der Waals surface area contributed by atoms with Crippen molar-refractivity contribution in [1.29, 1.82) is 0 Å². The predicted molar refractivity (Wildman–Crippen MR) is 64.2 cm³/mol. The molecule has 1 unspecified atom stereocenters. The van der Waals surface area contributed by atoms with E-state index in [9.17, 15) is 24.4 Å². The smallest absolute Gasteiger partial charge is 0.270 e. The first-order chi connectivity index (χ1) is 8.80. The molecule has 6 nitrogen and oxygen atoms in total. The molecule has 0 aliphatic carbocycles. The van der Waals surface area contributed by atoms with Crippen LogP contribution in [0.5, 0.6) is 0 Å². The Morgan fingerprint density at radius 2 is 2.26 bits per heavy atom. The van der Waals surface area contributed by atoms with Crippen molar-refractivity contribution in [3.8, 4) is 0 Å². The fraction of sp³-hybridized carbons (Fsp3) is 0.417. The van der Waals surface area contributed by atoms with Gasteiger partial charge in [0.15, 0.2) is 0 Å². The van der Waals surface area contributed by atoms with Crippen LogP contribution in [-0.4, -0.2) is 39.5 Å². The highest BCUT2D eigenvalue weighted by molar-refractivity contribution is 5.95. The van der Waals surface area contributed by atoms with Gasteiger partial charge in [0.25, 0.3) is 11.6 Å². The molecule has 19 heavy (non-hydrogen) atoms. The van der Waals surface area contributed by atoms with Gasteiger partial charge in [0.2, 0.25) is 0 Å². The molecule has 0 spiro atoms. The number of nitro groups is 1. The summed E-state index contributed by atoms with van der Waals surface area (Å²) >= 11 is 0. The lowest BCUT2D eigenvalue weighted by Gasteiger charge is -2.19. The number of rotatable bonds is 2. The third-order valence-corrected chi connectivity index (χ3v) is 3.13. The van der Waals surface area contributed by atoms with Crippen LogP contribution in [0.2, 0.25) is 0 Å². The molecule has 1 atom stereocenters. The van der Waals surface area contributed by atoms with Crippen molar-refractivity contribution < 1.29 is 19.2 Å². The molecule has 2 rings (SSSR count). The second-order valence-corrected chi connectivity index (χ2v) is 4.89. The fourth-order valence-corrected chi connectivity index (χ4v) is 2.08. The molecule has 0 radical (unpaired) electrons. The van der Waals surface area contributed by atoms with E-state index in [2.05, 4.69) is 0 Å². The van der Waals surface area contributed by atoms with E-state index in [0.717, 1.165) is 18.2 Å². The highest BCUT2D eigenvalue weighted by Crippen LogP contribution is 2.24. The average Bonchev–Trinajstić information content (AvgIpc) is 2.69. The third kappa shape index (κ3) is 2.70. The number of aliphatic hydroxyl groups is 1. The zero-order valence-electron chi connectivity index (χ0n) is 10.3. The summed E-state index contributed by atoms with van der Waals surface area (Å²) in [4.78, 5) is 23.3. The van der Waals surface area contributed by atoms with Crippen LogP contribution >= 0.6 is 0 Å². The van der Waals surface area contributed by atoms with Crippen molar-refractivity contribution in [2.45, 2.75) is 18.9 Å². The second kappa shape index (κ2) is 4.58. The third-order valence-electron chi connectivity index (χ3n) is 3.13. The predicted octanol–water partition coefficient (Wildman–Crippen LogP) is 1.33. The molecule has 1 aromatic rings. The molecule has 7 heteroatoms. The average molecular weight is 268 g/mol. The minimum absolute atomic E-state index is 0.0912. The van der Waals surface area contributed by atoms with E-state index in [4.69, 9.17) is 0 Å². The van der Waals surface area contributed by atoms with Gasteiger partial charge >= 0.3 is 0 Å². The Kier molecular flexibility index (Phi) is 3.23. The van der Waals surface area contributed by atoms with Crippen LogP contribution in [0, 0.1) is 15.9 Å². The molecule has 0 saturated carbocycles. The first-order valence-corrected chi connectivity index (χ1v) is 5.76. The Morgan fingerprint density at radius 1 is 1.58 bits per heavy atom. The number of halogens is 1. The van der Waals surface area contributed by atoms with Crippen LogP contribution in [-0.2, 0) is 0 Å². The summed E-state index contributed by atoms with van der Waals surface area (Å²) < 4.78 is 13.6. The maximum atomic E-state index is 13.6. The monoisotopic (exact) mass is 268 g/mol. The van der Waals surface area contributed by atoms with Gasteiger partial charge < -0.3 is 10.0 Å². The first kappa shape index (κ1) is 13.4. The lowest BCUT2D eigenvalue weighted by molar-refractivity contribution is -0.384. The number of likely N-dealkylation sites (tertiary alicyclic amines) is 1. The van der Waals surface area contributed by atoms with Crippen molar-refractivity contribution in [2.75, 3.05) is 13.1 Å². The fourth-order valence-electron chi connectivity index (χ4n) is 2.08. The maximum absolute atomic E-state index is 13.6. The van der Waals surface area contributed by atoms with Gasteiger partial charge in [-0.3, -0.25) is 14.9 Å². The number of nitro benzene ring substituents is 1. The minimum atomic E-state index is -0.993. The van der Waals surface area contributed by atoms with Gasteiger partial charge in [-0.15, -0.1) is 0 Å². The number of carbonyl (C=O) groups is 1. The number of benzene rings is 1. The first-order valence-electron chi connectivity index (χ1n) is 5.76. The summed E-state index contributed by atoms with van der Waals surface area (Å²) in [6.07, 6.45) is 0.398. The molecule has 1 aliphatic rings. The van der Waals surface area contributed by atoms with Crippen molar-refractivity contribution in [2.24, 2.45) is 0 Å². The Morgan fingerprint density at radius 3 is 2.79 bits per heavy atom. The van der Waals surface area contributed by atoms with Crippen LogP contribution in [0.15, 0.2) is 18.2 Å². The van der Waals surface area contributed by atoms with Gasteiger partial charge in [-0.2, -0.15) is 0 Å².